The van der Waals surface area contributed by atoms with Crippen LogP contribution in [0, 0.1) is 0 Å². The summed E-state index contributed by atoms with van der Waals surface area (Å²) in [4.78, 5) is 4.91. The highest BCUT2D eigenvalue weighted by molar-refractivity contribution is 6.16. The van der Waals surface area contributed by atoms with Crippen LogP contribution in [0.3, 0.4) is 0 Å². The molecule has 0 amide bonds. The van der Waals surface area contributed by atoms with Crippen LogP contribution in [0.1, 0.15) is 47.2 Å². The second-order valence-electron chi connectivity index (χ2n) is 23.6. The molecule has 3 nitrogen and oxygen atoms in total. The summed E-state index contributed by atoms with van der Waals surface area (Å²) in [6.07, 6.45) is 0. The summed E-state index contributed by atoms with van der Waals surface area (Å²) in [7, 11) is 0. The second-order valence-corrected chi connectivity index (χ2v) is 23.6. The summed E-state index contributed by atoms with van der Waals surface area (Å²) in [5.74, 6) is 0. The number of hydrogen-bond donors (Lipinski definition) is 0. The Morgan fingerprint density at radius 2 is 0.694 bits per heavy atom. The maximum absolute atomic E-state index is 2.52. The van der Waals surface area contributed by atoms with E-state index < -0.39 is 5.41 Å². The highest BCUT2D eigenvalue weighted by Gasteiger charge is 2.51. The highest BCUT2D eigenvalue weighted by atomic mass is 15.2. The molecule has 3 aliphatic rings. The van der Waals surface area contributed by atoms with Crippen LogP contribution in [0.4, 0.5) is 34.1 Å². The van der Waals surface area contributed by atoms with Crippen LogP contribution >= 0.6 is 0 Å². The van der Waals surface area contributed by atoms with Crippen molar-refractivity contribution in [2.24, 2.45) is 0 Å². The number of aromatic nitrogens is 1. The predicted octanol–water partition coefficient (Wildman–Crippen LogP) is 21.7. The standard InChI is InChI=1S/C82H57N3/c1-81(2)72-35-17-12-29-65(72)69-48-46-61(53-76(69)81)84(58-25-8-4-9-26-58)63-50-56(55-43-47-70-68-32-15-20-38-75(68)82(77(70)51-55)73-36-18-13-30-66(73)67-31-14-19-37-74(67)82)49-62(52-63)83(57-23-6-3-7-24-57)60-44-41-54(42-45-60)64-34-22-40-79-80(64)71-33-16-21-39-78(71)85(79)59-27-10-5-11-28-59/h3-53H,1-2H3. The van der Waals surface area contributed by atoms with Gasteiger partial charge >= 0.3 is 0 Å². The fourth-order valence-electron chi connectivity index (χ4n) is 15.1. The molecule has 1 heterocycles. The predicted molar refractivity (Wildman–Crippen MR) is 355 cm³/mol. The van der Waals surface area contributed by atoms with E-state index >= 15 is 0 Å². The van der Waals surface area contributed by atoms with Gasteiger partial charge in [-0.15, -0.1) is 0 Å². The van der Waals surface area contributed by atoms with Crippen molar-refractivity contribution in [3.63, 3.8) is 0 Å². The van der Waals surface area contributed by atoms with Gasteiger partial charge in [-0.1, -0.05) is 226 Å². The van der Waals surface area contributed by atoms with Crippen molar-refractivity contribution in [2.75, 3.05) is 9.80 Å². The maximum Gasteiger partial charge on any atom is 0.0725 e. The molecule has 0 saturated carbocycles. The number of benzene rings is 13. The van der Waals surface area contributed by atoms with Gasteiger partial charge in [-0.3, -0.25) is 0 Å². The fourth-order valence-corrected chi connectivity index (χ4v) is 15.1. The lowest BCUT2D eigenvalue weighted by Crippen LogP contribution is -2.25. The first-order chi connectivity index (χ1) is 41.9. The zero-order chi connectivity index (χ0) is 56.4. The van der Waals surface area contributed by atoms with Crippen molar-refractivity contribution < 1.29 is 0 Å². The van der Waals surface area contributed by atoms with E-state index in [-0.39, 0.29) is 5.41 Å². The molecular formula is C82H57N3. The van der Waals surface area contributed by atoms with Gasteiger partial charge in [0, 0.05) is 56.0 Å². The summed E-state index contributed by atoms with van der Waals surface area (Å²) < 4.78 is 2.40. The van der Waals surface area contributed by atoms with Crippen LogP contribution in [0.2, 0.25) is 0 Å². The van der Waals surface area contributed by atoms with Crippen molar-refractivity contribution >= 4 is 55.9 Å². The zero-order valence-corrected chi connectivity index (χ0v) is 47.3. The van der Waals surface area contributed by atoms with Crippen LogP contribution in [-0.2, 0) is 10.8 Å². The molecule has 13 aromatic carbocycles. The van der Waals surface area contributed by atoms with Crippen molar-refractivity contribution in [3.05, 3.63) is 343 Å². The Kier molecular flexibility index (Phi) is 10.9. The van der Waals surface area contributed by atoms with E-state index in [1.165, 1.54) is 94.1 Å². The maximum atomic E-state index is 2.52. The molecular weight excluding hydrogens is 1030 g/mol. The van der Waals surface area contributed by atoms with Crippen LogP contribution in [0.15, 0.2) is 309 Å². The Morgan fingerprint density at radius 1 is 0.259 bits per heavy atom. The lowest BCUT2D eigenvalue weighted by atomic mass is 9.70. The van der Waals surface area contributed by atoms with Gasteiger partial charge in [-0.25, -0.2) is 0 Å². The van der Waals surface area contributed by atoms with E-state index in [1.54, 1.807) is 0 Å². The molecule has 400 valence electrons. The first kappa shape index (κ1) is 48.9. The van der Waals surface area contributed by atoms with Crippen molar-refractivity contribution in [3.8, 4) is 61.3 Å². The number of nitrogens with zero attached hydrogens (tertiary/aromatic N) is 3. The second kappa shape index (κ2) is 18.9. The van der Waals surface area contributed by atoms with Gasteiger partial charge in [0.25, 0.3) is 0 Å². The van der Waals surface area contributed by atoms with Crippen LogP contribution in [0.5, 0.6) is 0 Å². The van der Waals surface area contributed by atoms with E-state index in [1.807, 2.05) is 0 Å². The summed E-state index contributed by atoms with van der Waals surface area (Å²) in [5.41, 5.74) is 29.7. The molecule has 0 aliphatic heterocycles. The Labute approximate surface area is 496 Å². The molecule has 0 radical (unpaired) electrons. The van der Waals surface area contributed by atoms with E-state index in [4.69, 9.17) is 0 Å². The third-order valence-corrected chi connectivity index (χ3v) is 18.8. The lowest BCUT2D eigenvalue weighted by Gasteiger charge is -2.32. The largest absolute Gasteiger partial charge is 0.310 e. The van der Waals surface area contributed by atoms with Gasteiger partial charge in [0.15, 0.2) is 0 Å². The topological polar surface area (TPSA) is 11.4 Å². The Balaban J connectivity index is 0.885. The first-order valence-electron chi connectivity index (χ1n) is 29.7. The summed E-state index contributed by atoms with van der Waals surface area (Å²) in [6, 6.07) is 115. The van der Waals surface area contributed by atoms with Gasteiger partial charge in [-0.2, -0.15) is 0 Å². The van der Waals surface area contributed by atoms with E-state index in [2.05, 4.69) is 338 Å². The van der Waals surface area contributed by atoms with Crippen molar-refractivity contribution in [1.29, 1.82) is 0 Å². The molecule has 3 aliphatic carbocycles. The molecule has 1 aromatic heterocycles. The average Bonchev–Trinajstić information content (AvgIpc) is 1.66. The van der Waals surface area contributed by atoms with Gasteiger partial charge in [0.05, 0.1) is 16.4 Å². The molecule has 0 bridgehead atoms. The number of para-hydroxylation sites is 4. The summed E-state index contributed by atoms with van der Waals surface area (Å²) in [5, 5.41) is 2.48. The third kappa shape index (κ3) is 7.27. The SMILES string of the molecule is CC1(C)c2ccccc2-c2ccc(N(c3ccccc3)c3cc(-c4ccc5c(c4)C4(c6ccccc6-c6ccccc64)c4ccccc4-5)cc(N(c4ccccc4)c4ccc(-c5cccc6c5c5ccccc5n6-c5ccccc5)cc4)c3)cc21. The number of hydrogen-bond acceptors (Lipinski definition) is 2. The van der Waals surface area contributed by atoms with E-state index in [0.29, 0.717) is 0 Å². The van der Waals surface area contributed by atoms with E-state index in [9.17, 15) is 0 Å². The van der Waals surface area contributed by atoms with Gasteiger partial charge < -0.3 is 14.4 Å². The first-order valence-corrected chi connectivity index (χ1v) is 29.7. The van der Waals surface area contributed by atoms with Gasteiger partial charge in [-0.05, 0) is 186 Å². The number of anilines is 6. The Bertz CT molecular complexity index is 4910. The van der Waals surface area contributed by atoms with E-state index in [0.717, 1.165) is 56.5 Å². The van der Waals surface area contributed by atoms with Crippen molar-refractivity contribution in [1.82, 2.24) is 4.57 Å². The third-order valence-electron chi connectivity index (χ3n) is 18.8. The summed E-state index contributed by atoms with van der Waals surface area (Å²) in [6.45, 7) is 4.75. The molecule has 1 spiro atoms. The monoisotopic (exact) mass is 1080 g/mol. The highest BCUT2D eigenvalue weighted by Crippen LogP contribution is 2.63. The molecule has 0 saturated heterocycles. The molecule has 3 heteroatoms. The molecule has 17 rings (SSSR count). The minimum Gasteiger partial charge on any atom is -0.310 e. The van der Waals surface area contributed by atoms with Crippen LogP contribution in [0.25, 0.3) is 83.1 Å². The smallest absolute Gasteiger partial charge is 0.0725 e. The Morgan fingerprint density at radius 3 is 1.32 bits per heavy atom. The zero-order valence-electron chi connectivity index (χ0n) is 47.3. The fraction of sp³-hybridized carbons (Fsp3) is 0.0488. The minimum atomic E-state index is -0.487. The normalized spacial score (nSPS) is 13.5. The molecule has 0 unspecified atom stereocenters. The average molecular weight is 1080 g/mol. The van der Waals surface area contributed by atoms with Crippen LogP contribution < -0.4 is 9.80 Å². The molecule has 0 atom stereocenters. The number of rotatable bonds is 9. The minimum absolute atomic E-state index is 0.187. The molecule has 14 aromatic rings. The molecule has 85 heavy (non-hydrogen) atoms. The van der Waals surface area contributed by atoms with Gasteiger partial charge in [0.1, 0.15) is 0 Å². The summed E-state index contributed by atoms with van der Waals surface area (Å²) >= 11 is 0. The quantitative estimate of drug-likeness (QED) is 0.143. The van der Waals surface area contributed by atoms with Gasteiger partial charge in [0.2, 0.25) is 0 Å². The molecule has 0 N–H and O–H groups in total. The lowest BCUT2D eigenvalue weighted by molar-refractivity contribution is 0.660. The molecule has 0 fully saturated rings. The van der Waals surface area contributed by atoms with Crippen molar-refractivity contribution in [2.45, 2.75) is 24.7 Å². The number of fused-ring (bicyclic) bond motifs is 16. The van der Waals surface area contributed by atoms with Crippen LogP contribution in [-0.4, -0.2) is 4.57 Å². The Hall–Kier alpha value is -10.7.